The van der Waals surface area contributed by atoms with Crippen molar-refractivity contribution in [2.45, 2.75) is 25.3 Å². The molecule has 1 aromatic rings. The van der Waals surface area contributed by atoms with Gasteiger partial charge < -0.3 is 4.90 Å². The average molecular weight is 232 g/mol. The van der Waals surface area contributed by atoms with Crippen LogP contribution in [-0.4, -0.2) is 19.0 Å². The zero-order valence-corrected chi connectivity index (χ0v) is 10.3. The second kappa shape index (κ2) is 4.46. The van der Waals surface area contributed by atoms with E-state index in [-0.39, 0.29) is 17.3 Å². The summed E-state index contributed by atoms with van der Waals surface area (Å²) >= 11 is 0. The fraction of sp³-hybridized carbons (Fsp3) is 0.500. The molecular formula is C14H17FN2. The first kappa shape index (κ1) is 12.1. The molecule has 0 spiro atoms. The van der Waals surface area contributed by atoms with E-state index in [2.05, 4.69) is 11.0 Å². The molecule has 0 aromatic heterocycles. The van der Waals surface area contributed by atoms with Crippen molar-refractivity contribution >= 4 is 0 Å². The van der Waals surface area contributed by atoms with Gasteiger partial charge in [0.2, 0.25) is 0 Å². The lowest BCUT2D eigenvalue weighted by molar-refractivity contribution is 0.0748. The van der Waals surface area contributed by atoms with E-state index in [0.29, 0.717) is 0 Å². The lowest BCUT2D eigenvalue weighted by Gasteiger charge is -2.45. The number of benzene rings is 1. The van der Waals surface area contributed by atoms with Crippen LogP contribution < -0.4 is 0 Å². The van der Waals surface area contributed by atoms with Crippen molar-refractivity contribution in [2.24, 2.45) is 5.41 Å². The lowest BCUT2D eigenvalue weighted by atomic mass is 9.63. The van der Waals surface area contributed by atoms with Gasteiger partial charge in [0.05, 0.1) is 17.5 Å². The third-order valence-corrected chi connectivity index (χ3v) is 3.69. The normalized spacial score (nSPS) is 19.5. The maximum Gasteiger partial charge on any atom is 0.123 e. The molecule has 3 heteroatoms. The molecule has 0 N–H and O–H groups in total. The first-order chi connectivity index (χ1) is 8.09. The monoisotopic (exact) mass is 232 g/mol. The maximum atomic E-state index is 12.9. The number of hydrogen-bond donors (Lipinski definition) is 0. The Morgan fingerprint density at radius 3 is 2.24 bits per heavy atom. The molecule has 0 bridgehead atoms. The Bertz CT molecular complexity index is 427. The number of nitrogens with zero attached hydrogens (tertiary/aromatic N) is 2. The van der Waals surface area contributed by atoms with Gasteiger partial charge in [-0.3, -0.25) is 0 Å². The highest BCUT2D eigenvalue weighted by molar-refractivity contribution is 5.27. The molecule has 1 aromatic carbocycles. The van der Waals surface area contributed by atoms with E-state index in [1.54, 1.807) is 12.1 Å². The van der Waals surface area contributed by atoms with Gasteiger partial charge in [-0.05, 0) is 44.6 Å². The highest BCUT2D eigenvalue weighted by Crippen LogP contribution is 2.51. The van der Waals surface area contributed by atoms with Crippen molar-refractivity contribution in [1.29, 1.82) is 5.26 Å². The fourth-order valence-corrected chi connectivity index (χ4v) is 2.76. The minimum atomic E-state index is -0.290. The van der Waals surface area contributed by atoms with E-state index in [1.165, 1.54) is 12.1 Å². The summed E-state index contributed by atoms with van der Waals surface area (Å²) in [4.78, 5) is 2.07. The lowest BCUT2D eigenvalue weighted by Crippen LogP contribution is -2.41. The molecule has 2 rings (SSSR count). The Morgan fingerprint density at radius 1 is 1.29 bits per heavy atom. The Labute approximate surface area is 102 Å². The summed E-state index contributed by atoms with van der Waals surface area (Å²) in [5.74, 6) is -0.231. The Balaban J connectivity index is 2.36. The molecule has 0 aliphatic heterocycles. The largest absolute Gasteiger partial charge is 0.301 e. The summed E-state index contributed by atoms with van der Waals surface area (Å²) in [6, 6.07) is 9.05. The predicted octanol–water partition coefficient (Wildman–Crippen LogP) is 3.12. The molecule has 0 amide bonds. The topological polar surface area (TPSA) is 27.0 Å². The first-order valence-corrected chi connectivity index (χ1v) is 5.92. The summed E-state index contributed by atoms with van der Waals surface area (Å²) in [5.41, 5.74) is 0.735. The summed E-state index contributed by atoms with van der Waals surface area (Å²) in [5, 5.41) is 9.42. The standard InChI is InChI=1S/C14H17FN2/c1-17(2)13(14(10-16)8-3-9-14)11-4-6-12(15)7-5-11/h4-7,13H,3,8-9H2,1-2H3. The molecule has 0 heterocycles. The average Bonchev–Trinajstić information content (AvgIpc) is 2.24. The van der Waals surface area contributed by atoms with Crippen LogP contribution in [0.4, 0.5) is 4.39 Å². The smallest absolute Gasteiger partial charge is 0.123 e. The zero-order valence-electron chi connectivity index (χ0n) is 10.3. The van der Waals surface area contributed by atoms with Gasteiger partial charge in [0.15, 0.2) is 0 Å². The fourth-order valence-electron chi connectivity index (χ4n) is 2.76. The number of nitriles is 1. The van der Waals surface area contributed by atoms with Crippen LogP contribution in [-0.2, 0) is 0 Å². The van der Waals surface area contributed by atoms with E-state index < -0.39 is 0 Å². The summed E-state index contributed by atoms with van der Waals surface area (Å²) < 4.78 is 12.9. The second-order valence-electron chi connectivity index (χ2n) is 5.04. The van der Waals surface area contributed by atoms with Gasteiger partial charge in [0.25, 0.3) is 0 Å². The molecule has 0 radical (unpaired) electrons. The summed E-state index contributed by atoms with van der Waals surface area (Å²) in [7, 11) is 3.96. The van der Waals surface area contributed by atoms with Crippen LogP contribution in [0.15, 0.2) is 24.3 Å². The molecule has 90 valence electrons. The quantitative estimate of drug-likeness (QED) is 0.800. The van der Waals surface area contributed by atoms with Crippen LogP contribution in [0.3, 0.4) is 0 Å². The van der Waals surface area contributed by atoms with Crippen LogP contribution in [0.5, 0.6) is 0 Å². The van der Waals surface area contributed by atoms with E-state index in [9.17, 15) is 9.65 Å². The van der Waals surface area contributed by atoms with Crippen LogP contribution in [0.25, 0.3) is 0 Å². The maximum absolute atomic E-state index is 12.9. The van der Waals surface area contributed by atoms with E-state index in [1.807, 2.05) is 14.1 Å². The van der Waals surface area contributed by atoms with Crippen molar-refractivity contribution in [1.82, 2.24) is 4.90 Å². The summed E-state index contributed by atoms with van der Waals surface area (Å²) in [6.07, 6.45) is 2.98. The highest BCUT2D eigenvalue weighted by atomic mass is 19.1. The van der Waals surface area contributed by atoms with Crippen LogP contribution in [0, 0.1) is 22.6 Å². The zero-order chi connectivity index (χ0) is 12.5. The summed E-state index contributed by atoms with van der Waals surface area (Å²) in [6.45, 7) is 0. The third kappa shape index (κ3) is 2.05. The molecule has 1 fully saturated rings. The van der Waals surface area contributed by atoms with Crippen molar-refractivity contribution in [3.8, 4) is 6.07 Å². The van der Waals surface area contributed by atoms with Crippen molar-refractivity contribution in [3.05, 3.63) is 35.6 Å². The molecule has 1 atom stereocenters. The van der Waals surface area contributed by atoms with Gasteiger partial charge in [-0.1, -0.05) is 18.6 Å². The molecule has 1 aliphatic rings. The van der Waals surface area contributed by atoms with Gasteiger partial charge in [0, 0.05) is 0 Å². The SMILES string of the molecule is CN(C)C(c1ccc(F)cc1)C1(C#N)CCC1. The molecule has 1 aliphatic carbocycles. The Hall–Kier alpha value is -1.40. The van der Waals surface area contributed by atoms with Gasteiger partial charge >= 0.3 is 0 Å². The van der Waals surface area contributed by atoms with E-state index >= 15 is 0 Å². The number of hydrogen-bond acceptors (Lipinski definition) is 2. The van der Waals surface area contributed by atoms with Crippen molar-refractivity contribution < 1.29 is 4.39 Å². The third-order valence-electron chi connectivity index (χ3n) is 3.69. The van der Waals surface area contributed by atoms with Crippen LogP contribution in [0.1, 0.15) is 30.9 Å². The first-order valence-electron chi connectivity index (χ1n) is 5.92. The van der Waals surface area contributed by atoms with Gasteiger partial charge in [-0.15, -0.1) is 0 Å². The number of rotatable bonds is 3. The van der Waals surface area contributed by atoms with E-state index in [4.69, 9.17) is 0 Å². The number of halogens is 1. The predicted molar refractivity (Wildman–Crippen MR) is 64.7 cm³/mol. The Morgan fingerprint density at radius 2 is 1.88 bits per heavy atom. The van der Waals surface area contributed by atoms with Crippen LogP contribution in [0.2, 0.25) is 0 Å². The molecule has 17 heavy (non-hydrogen) atoms. The Kier molecular flexibility index (Phi) is 3.17. The van der Waals surface area contributed by atoms with Crippen LogP contribution >= 0.6 is 0 Å². The second-order valence-corrected chi connectivity index (χ2v) is 5.04. The van der Waals surface area contributed by atoms with E-state index in [0.717, 1.165) is 24.8 Å². The molecular weight excluding hydrogens is 215 g/mol. The van der Waals surface area contributed by atoms with Gasteiger partial charge in [0.1, 0.15) is 5.82 Å². The minimum absolute atomic E-state index is 0.0573. The van der Waals surface area contributed by atoms with Gasteiger partial charge in [-0.25, -0.2) is 4.39 Å². The molecule has 2 nitrogen and oxygen atoms in total. The minimum Gasteiger partial charge on any atom is -0.301 e. The van der Waals surface area contributed by atoms with Gasteiger partial charge in [-0.2, -0.15) is 5.26 Å². The highest BCUT2D eigenvalue weighted by Gasteiger charge is 2.46. The molecule has 1 saturated carbocycles. The molecule has 1 unspecified atom stereocenters. The van der Waals surface area contributed by atoms with Crippen molar-refractivity contribution in [2.75, 3.05) is 14.1 Å². The molecule has 0 saturated heterocycles. The van der Waals surface area contributed by atoms with Crippen molar-refractivity contribution in [3.63, 3.8) is 0 Å².